The van der Waals surface area contributed by atoms with E-state index in [-0.39, 0.29) is 11.9 Å². The van der Waals surface area contributed by atoms with Crippen molar-refractivity contribution < 1.29 is 13.2 Å². The predicted octanol–water partition coefficient (Wildman–Crippen LogP) is 2.76. The number of amides is 1. The molecule has 3 rings (SSSR count). The second-order valence-electron chi connectivity index (χ2n) is 7.87. The average molecular weight is 365 g/mol. The lowest BCUT2D eigenvalue weighted by Gasteiger charge is -2.31. The number of carbonyl (C=O) groups excluding carboxylic acids is 1. The Balaban J connectivity index is 1.82. The van der Waals surface area contributed by atoms with Crippen LogP contribution < -0.4 is 9.62 Å². The molecule has 2 aliphatic rings. The van der Waals surface area contributed by atoms with E-state index in [0.717, 1.165) is 29.7 Å². The number of anilines is 1. The minimum Gasteiger partial charge on any atom is -0.351 e. The minimum absolute atomic E-state index is 0.203. The van der Waals surface area contributed by atoms with Crippen molar-refractivity contribution in [3.63, 3.8) is 0 Å². The highest BCUT2D eigenvalue weighted by atomic mass is 32.2. The van der Waals surface area contributed by atoms with Crippen LogP contribution in [0, 0.1) is 25.7 Å². The molecule has 0 radical (unpaired) electrons. The summed E-state index contributed by atoms with van der Waals surface area (Å²) in [5, 5.41) is 3.12. The quantitative estimate of drug-likeness (QED) is 0.874. The summed E-state index contributed by atoms with van der Waals surface area (Å²) < 4.78 is 26.1. The summed E-state index contributed by atoms with van der Waals surface area (Å²) in [5.74, 6) is 1.09. The summed E-state index contributed by atoms with van der Waals surface area (Å²) in [6, 6.07) is 5.05. The van der Waals surface area contributed by atoms with E-state index in [1.807, 2.05) is 32.0 Å². The second-order valence-corrected chi connectivity index (χ2v) is 9.73. The van der Waals surface area contributed by atoms with E-state index in [1.54, 1.807) is 6.92 Å². The Bertz CT molecular complexity index is 755. The Morgan fingerprint density at radius 3 is 2.28 bits per heavy atom. The fourth-order valence-electron chi connectivity index (χ4n) is 4.61. The molecular formula is C19H28N2O3S. The molecule has 0 heterocycles. The number of sulfonamides is 1. The van der Waals surface area contributed by atoms with Crippen LogP contribution in [0.25, 0.3) is 0 Å². The van der Waals surface area contributed by atoms with E-state index < -0.39 is 16.1 Å². The van der Waals surface area contributed by atoms with Gasteiger partial charge in [-0.15, -0.1) is 0 Å². The van der Waals surface area contributed by atoms with Gasteiger partial charge in [0, 0.05) is 6.04 Å². The lowest BCUT2D eigenvalue weighted by Crippen LogP contribution is -2.51. The molecule has 1 aromatic rings. The first kappa shape index (κ1) is 18.2. The standard InChI is InChI=1S/C19H28N2O3S/c1-12-7-13(2)9-17(8-12)21(25(4,23)24)14(3)19(22)20-18-11-15-5-6-16(18)10-15/h7-9,14-16,18H,5-6,10-11H2,1-4H3,(H,20,22). The van der Waals surface area contributed by atoms with E-state index >= 15 is 0 Å². The number of hydrogen-bond donors (Lipinski definition) is 1. The second kappa shape index (κ2) is 6.63. The molecule has 138 valence electrons. The summed E-state index contributed by atoms with van der Waals surface area (Å²) in [4.78, 5) is 12.8. The fourth-order valence-corrected chi connectivity index (χ4v) is 5.77. The smallest absolute Gasteiger partial charge is 0.243 e. The van der Waals surface area contributed by atoms with Crippen molar-refractivity contribution in [3.8, 4) is 0 Å². The average Bonchev–Trinajstić information content (AvgIpc) is 3.07. The molecule has 0 aromatic heterocycles. The van der Waals surface area contributed by atoms with Gasteiger partial charge in [0.15, 0.2) is 0 Å². The number of benzene rings is 1. The van der Waals surface area contributed by atoms with E-state index in [4.69, 9.17) is 0 Å². The molecule has 2 saturated carbocycles. The Morgan fingerprint density at radius 1 is 1.16 bits per heavy atom. The molecule has 1 N–H and O–H groups in total. The number of nitrogens with zero attached hydrogens (tertiary/aromatic N) is 1. The van der Waals surface area contributed by atoms with Crippen LogP contribution in [0.3, 0.4) is 0 Å². The van der Waals surface area contributed by atoms with Crippen molar-refractivity contribution in [2.45, 2.75) is 58.5 Å². The fraction of sp³-hybridized carbons (Fsp3) is 0.632. The lowest BCUT2D eigenvalue weighted by atomic mass is 9.95. The summed E-state index contributed by atoms with van der Waals surface area (Å²) >= 11 is 0. The molecule has 4 atom stereocenters. The molecule has 2 bridgehead atoms. The van der Waals surface area contributed by atoms with Crippen LogP contribution in [0.5, 0.6) is 0 Å². The SMILES string of the molecule is Cc1cc(C)cc(N(C(C)C(=O)NC2CC3CCC2C3)S(C)(=O)=O)c1. The molecule has 25 heavy (non-hydrogen) atoms. The number of nitrogens with one attached hydrogen (secondary N) is 1. The third-order valence-corrected chi connectivity index (χ3v) is 6.86. The maximum Gasteiger partial charge on any atom is 0.243 e. The molecule has 0 aliphatic heterocycles. The van der Waals surface area contributed by atoms with Crippen LogP contribution in [0.15, 0.2) is 18.2 Å². The normalized spacial score (nSPS) is 26.5. The Hall–Kier alpha value is -1.56. The zero-order chi connectivity index (χ0) is 18.4. The summed E-state index contributed by atoms with van der Waals surface area (Å²) in [6.07, 6.45) is 5.84. The maximum absolute atomic E-state index is 12.8. The van der Waals surface area contributed by atoms with Crippen LogP contribution in [-0.4, -0.2) is 32.7 Å². The molecule has 2 fully saturated rings. The third kappa shape index (κ3) is 3.84. The van der Waals surface area contributed by atoms with Gasteiger partial charge in [0.1, 0.15) is 6.04 Å². The van der Waals surface area contributed by atoms with Gasteiger partial charge >= 0.3 is 0 Å². The first-order chi connectivity index (χ1) is 11.6. The van der Waals surface area contributed by atoms with Gasteiger partial charge in [-0.3, -0.25) is 9.10 Å². The Morgan fingerprint density at radius 2 is 1.80 bits per heavy atom. The molecule has 5 nitrogen and oxygen atoms in total. The van der Waals surface area contributed by atoms with Crippen LogP contribution in [-0.2, 0) is 14.8 Å². The van der Waals surface area contributed by atoms with Crippen LogP contribution in [0.1, 0.15) is 43.7 Å². The summed E-state index contributed by atoms with van der Waals surface area (Å²) in [7, 11) is -3.57. The van der Waals surface area contributed by atoms with Crippen molar-refractivity contribution in [2.75, 3.05) is 10.6 Å². The molecular weight excluding hydrogens is 336 g/mol. The summed E-state index contributed by atoms with van der Waals surface area (Å²) in [5.41, 5.74) is 2.50. The zero-order valence-electron chi connectivity index (χ0n) is 15.5. The lowest BCUT2D eigenvalue weighted by molar-refractivity contribution is -0.122. The van der Waals surface area contributed by atoms with Gasteiger partial charge in [0.05, 0.1) is 11.9 Å². The predicted molar refractivity (Wildman–Crippen MR) is 100 cm³/mol. The molecule has 4 unspecified atom stereocenters. The molecule has 1 aromatic carbocycles. The first-order valence-electron chi connectivity index (χ1n) is 9.03. The van der Waals surface area contributed by atoms with Crippen molar-refractivity contribution in [2.24, 2.45) is 11.8 Å². The van der Waals surface area contributed by atoms with Gasteiger partial charge < -0.3 is 5.32 Å². The maximum atomic E-state index is 12.8. The highest BCUT2D eigenvalue weighted by Crippen LogP contribution is 2.44. The number of aryl methyl sites for hydroxylation is 2. The van der Waals surface area contributed by atoms with Crippen LogP contribution in [0.2, 0.25) is 0 Å². The number of rotatable bonds is 5. The van der Waals surface area contributed by atoms with Crippen molar-refractivity contribution >= 4 is 21.6 Å². The van der Waals surface area contributed by atoms with Gasteiger partial charge in [-0.25, -0.2) is 8.42 Å². The third-order valence-electron chi connectivity index (χ3n) is 5.62. The van der Waals surface area contributed by atoms with Gasteiger partial charge in [-0.2, -0.15) is 0 Å². The Labute approximate surface area is 150 Å². The molecule has 0 saturated heterocycles. The zero-order valence-corrected chi connectivity index (χ0v) is 16.3. The van der Waals surface area contributed by atoms with Gasteiger partial charge in [0.25, 0.3) is 0 Å². The van der Waals surface area contributed by atoms with Gasteiger partial charge in [-0.05, 0) is 75.1 Å². The van der Waals surface area contributed by atoms with Crippen LogP contribution >= 0.6 is 0 Å². The Kier molecular flexibility index (Phi) is 4.84. The largest absolute Gasteiger partial charge is 0.351 e. The van der Waals surface area contributed by atoms with Crippen molar-refractivity contribution in [1.82, 2.24) is 5.32 Å². The van der Waals surface area contributed by atoms with E-state index in [9.17, 15) is 13.2 Å². The number of fused-ring (bicyclic) bond motifs is 2. The topological polar surface area (TPSA) is 66.5 Å². The van der Waals surface area contributed by atoms with E-state index in [1.165, 1.54) is 23.6 Å². The van der Waals surface area contributed by atoms with Crippen molar-refractivity contribution in [3.05, 3.63) is 29.3 Å². The first-order valence-corrected chi connectivity index (χ1v) is 10.9. The number of carbonyl (C=O) groups is 1. The van der Waals surface area contributed by atoms with Gasteiger partial charge in [-0.1, -0.05) is 12.5 Å². The van der Waals surface area contributed by atoms with E-state index in [2.05, 4.69) is 5.32 Å². The van der Waals surface area contributed by atoms with Gasteiger partial charge in [0.2, 0.25) is 15.9 Å². The number of hydrogen-bond acceptors (Lipinski definition) is 3. The van der Waals surface area contributed by atoms with Crippen molar-refractivity contribution in [1.29, 1.82) is 0 Å². The molecule has 0 spiro atoms. The molecule has 6 heteroatoms. The van der Waals surface area contributed by atoms with Crippen LogP contribution in [0.4, 0.5) is 5.69 Å². The summed E-state index contributed by atoms with van der Waals surface area (Å²) in [6.45, 7) is 5.52. The van der Waals surface area contributed by atoms with E-state index in [0.29, 0.717) is 11.6 Å². The highest BCUT2D eigenvalue weighted by molar-refractivity contribution is 7.92. The monoisotopic (exact) mass is 364 g/mol. The minimum atomic E-state index is -3.57. The molecule has 1 amide bonds. The molecule has 2 aliphatic carbocycles. The highest BCUT2D eigenvalue weighted by Gasteiger charge is 2.41.